The number of halogens is 1. The Bertz CT molecular complexity index is 498. The quantitative estimate of drug-likeness (QED) is 0.615. The maximum absolute atomic E-state index is 12.1. The van der Waals surface area contributed by atoms with E-state index in [-0.39, 0.29) is 16.5 Å². The zero-order valence-corrected chi connectivity index (χ0v) is 11.0. The molecular weight excluding hydrogens is 266 g/mol. The fourth-order valence-corrected chi connectivity index (χ4v) is 3.03. The molecule has 7 heteroatoms. The predicted octanol–water partition coefficient (Wildman–Crippen LogP) is 1.46. The highest BCUT2D eigenvalue weighted by atomic mass is 35.5. The number of hydrogen-bond donors (Lipinski definition) is 0. The van der Waals surface area contributed by atoms with Gasteiger partial charge in [0.05, 0.1) is 12.0 Å². The number of carbonyl (C=O) groups excluding carboxylic acids is 1. The lowest BCUT2D eigenvalue weighted by Crippen LogP contribution is -2.30. The molecule has 17 heavy (non-hydrogen) atoms. The van der Waals surface area contributed by atoms with E-state index in [1.165, 1.54) is 12.1 Å². The van der Waals surface area contributed by atoms with Gasteiger partial charge in [-0.15, -0.1) is 0 Å². The van der Waals surface area contributed by atoms with Gasteiger partial charge in [-0.1, -0.05) is 18.5 Å². The number of rotatable bonds is 4. The number of sulfone groups is 1. The Morgan fingerprint density at radius 3 is 2.59 bits per heavy atom. The van der Waals surface area contributed by atoms with E-state index in [0.717, 1.165) is 13.3 Å². The summed E-state index contributed by atoms with van der Waals surface area (Å²) in [7, 11) is -2.62. The van der Waals surface area contributed by atoms with Crippen LogP contribution in [0, 0.1) is 0 Å². The van der Waals surface area contributed by atoms with Crippen molar-refractivity contribution < 1.29 is 17.9 Å². The van der Waals surface area contributed by atoms with Gasteiger partial charge in [-0.3, -0.25) is 4.79 Å². The van der Waals surface area contributed by atoms with Crippen LogP contribution >= 0.6 is 11.6 Å². The van der Waals surface area contributed by atoms with Crippen LogP contribution in [0.2, 0.25) is 5.15 Å². The third-order valence-corrected chi connectivity index (χ3v) is 4.64. The Labute approximate surface area is 105 Å². The fraction of sp³-hybridized carbons (Fsp3) is 0.400. The third-order valence-electron chi connectivity index (χ3n) is 2.24. The smallest absolute Gasteiger partial charge is 0.324 e. The van der Waals surface area contributed by atoms with Crippen molar-refractivity contribution in [2.45, 2.75) is 23.5 Å². The summed E-state index contributed by atoms with van der Waals surface area (Å²) in [4.78, 5) is 15.0. The molecule has 94 valence electrons. The number of carbonyl (C=O) groups is 1. The van der Waals surface area contributed by atoms with Crippen LogP contribution in [0.5, 0.6) is 0 Å². The molecule has 0 aliphatic carbocycles. The molecule has 1 unspecified atom stereocenters. The van der Waals surface area contributed by atoms with Crippen LogP contribution in [-0.2, 0) is 19.4 Å². The summed E-state index contributed by atoms with van der Waals surface area (Å²) in [6, 6.07) is 2.68. The molecule has 0 aromatic carbocycles. The standard InChI is InChI=1S/C10H12ClNO4S/c1-3-8(10(13)16-2)17(14,15)7-4-5-9(11)12-6-7/h4-6,8H,3H2,1-2H3. The van der Waals surface area contributed by atoms with Crippen molar-refractivity contribution >= 4 is 27.4 Å². The molecule has 0 aliphatic heterocycles. The molecule has 1 aromatic rings. The van der Waals surface area contributed by atoms with E-state index in [4.69, 9.17) is 11.6 Å². The van der Waals surface area contributed by atoms with Crippen molar-refractivity contribution in [3.05, 3.63) is 23.5 Å². The highest BCUT2D eigenvalue weighted by molar-refractivity contribution is 7.92. The highest BCUT2D eigenvalue weighted by Gasteiger charge is 2.33. The van der Waals surface area contributed by atoms with Gasteiger partial charge in [0.15, 0.2) is 15.1 Å². The molecule has 0 spiro atoms. The molecule has 1 heterocycles. The third kappa shape index (κ3) is 2.95. The molecule has 5 nitrogen and oxygen atoms in total. The van der Waals surface area contributed by atoms with Crippen LogP contribution in [0.25, 0.3) is 0 Å². The second-order valence-corrected chi connectivity index (χ2v) is 5.80. The largest absolute Gasteiger partial charge is 0.468 e. The van der Waals surface area contributed by atoms with Crippen LogP contribution in [0.3, 0.4) is 0 Å². The van der Waals surface area contributed by atoms with Gasteiger partial charge in [0.1, 0.15) is 5.15 Å². The minimum atomic E-state index is -3.77. The first-order valence-corrected chi connectivity index (χ1v) is 6.79. The first-order chi connectivity index (χ1) is 7.93. The van der Waals surface area contributed by atoms with Crippen LogP contribution < -0.4 is 0 Å². The molecule has 1 aromatic heterocycles. The van der Waals surface area contributed by atoms with E-state index in [1.807, 2.05) is 0 Å². The normalized spacial score (nSPS) is 13.1. The second-order valence-electron chi connectivity index (χ2n) is 3.28. The van der Waals surface area contributed by atoms with Gasteiger partial charge >= 0.3 is 5.97 Å². The first-order valence-electron chi connectivity index (χ1n) is 4.86. The Balaban J connectivity index is 3.17. The number of ether oxygens (including phenoxy) is 1. The number of hydrogen-bond acceptors (Lipinski definition) is 5. The maximum atomic E-state index is 12.1. The van der Waals surface area contributed by atoms with Crippen molar-refractivity contribution in [3.8, 4) is 0 Å². The number of nitrogens with zero attached hydrogens (tertiary/aromatic N) is 1. The average molecular weight is 278 g/mol. The van der Waals surface area contributed by atoms with Gasteiger partial charge in [-0.25, -0.2) is 13.4 Å². The van der Waals surface area contributed by atoms with Crippen LogP contribution in [0.1, 0.15) is 13.3 Å². The van der Waals surface area contributed by atoms with Gasteiger partial charge < -0.3 is 4.74 Å². The molecular formula is C10H12ClNO4S. The summed E-state index contributed by atoms with van der Waals surface area (Å²) in [5.74, 6) is -0.776. The summed E-state index contributed by atoms with van der Waals surface area (Å²) in [6.45, 7) is 1.60. The van der Waals surface area contributed by atoms with Crippen molar-refractivity contribution in [1.29, 1.82) is 0 Å². The van der Waals surface area contributed by atoms with E-state index in [2.05, 4.69) is 9.72 Å². The summed E-state index contributed by atoms with van der Waals surface area (Å²) < 4.78 is 28.7. The van der Waals surface area contributed by atoms with E-state index in [9.17, 15) is 13.2 Å². The van der Waals surface area contributed by atoms with Gasteiger partial charge in [0.25, 0.3) is 0 Å². The lowest BCUT2D eigenvalue weighted by molar-refractivity contribution is -0.140. The van der Waals surface area contributed by atoms with Crippen molar-refractivity contribution in [2.75, 3.05) is 7.11 Å². The summed E-state index contributed by atoms with van der Waals surface area (Å²) in [5.41, 5.74) is 0. The van der Waals surface area contributed by atoms with E-state index in [0.29, 0.717) is 0 Å². The summed E-state index contributed by atoms with van der Waals surface area (Å²) >= 11 is 5.57. The zero-order valence-electron chi connectivity index (χ0n) is 9.38. The molecule has 1 atom stereocenters. The fourth-order valence-electron chi connectivity index (χ4n) is 1.34. The monoisotopic (exact) mass is 277 g/mol. The minimum absolute atomic E-state index is 0.0425. The van der Waals surface area contributed by atoms with Gasteiger partial charge in [0.2, 0.25) is 0 Å². The number of esters is 1. The topological polar surface area (TPSA) is 73.3 Å². The molecule has 0 amide bonds. The van der Waals surface area contributed by atoms with Crippen LogP contribution in [-0.4, -0.2) is 31.7 Å². The first kappa shape index (κ1) is 13.9. The van der Waals surface area contributed by atoms with Crippen molar-refractivity contribution in [2.24, 2.45) is 0 Å². The van der Waals surface area contributed by atoms with Gasteiger partial charge in [-0.05, 0) is 18.6 Å². The molecule has 0 N–H and O–H groups in total. The van der Waals surface area contributed by atoms with E-state index >= 15 is 0 Å². The number of pyridine rings is 1. The minimum Gasteiger partial charge on any atom is -0.468 e. The molecule has 0 aliphatic rings. The Hall–Kier alpha value is -1.14. The number of aromatic nitrogens is 1. The number of methoxy groups -OCH3 is 1. The predicted molar refractivity (Wildman–Crippen MR) is 62.5 cm³/mol. The van der Waals surface area contributed by atoms with E-state index < -0.39 is 21.1 Å². The van der Waals surface area contributed by atoms with Gasteiger partial charge in [0, 0.05) is 6.20 Å². The Kier molecular flexibility index (Phi) is 4.47. The molecule has 0 bridgehead atoms. The lowest BCUT2D eigenvalue weighted by atomic mass is 10.3. The Morgan fingerprint density at radius 2 is 2.18 bits per heavy atom. The lowest BCUT2D eigenvalue weighted by Gasteiger charge is -2.13. The Morgan fingerprint density at radius 1 is 1.53 bits per heavy atom. The summed E-state index contributed by atoms with van der Waals surface area (Å²) in [5, 5.41) is -1.02. The van der Waals surface area contributed by atoms with Crippen molar-refractivity contribution in [3.63, 3.8) is 0 Å². The average Bonchev–Trinajstić information content (AvgIpc) is 2.29. The zero-order chi connectivity index (χ0) is 13.1. The molecule has 0 saturated carbocycles. The van der Waals surface area contributed by atoms with Crippen LogP contribution in [0.15, 0.2) is 23.2 Å². The molecule has 0 saturated heterocycles. The van der Waals surface area contributed by atoms with Gasteiger partial charge in [-0.2, -0.15) is 0 Å². The molecule has 1 rings (SSSR count). The maximum Gasteiger partial charge on any atom is 0.324 e. The molecule has 0 radical (unpaired) electrons. The van der Waals surface area contributed by atoms with E-state index in [1.54, 1.807) is 6.92 Å². The highest BCUT2D eigenvalue weighted by Crippen LogP contribution is 2.19. The second kappa shape index (κ2) is 5.46. The molecule has 0 fully saturated rings. The van der Waals surface area contributed by atoms with Crippen molar-refractivity contribution in [1.82, 2.24) is 4.98 Å². The SMILES string of the molecule is CCC(C(=O)OC)S(=O)(=O)c1ccc(Cl)nc1. The summed E-state index contributed by atoms with van der Waals surface area (Å²) in [6.07, 6.45) is 1.26. The van der Waals surface area contributed by atoms with Crippen LogP contribution in [0.4, 0.5) is 0 Å².